The summed E-state index contributed by atoms with van der Waals surface area (Å²) in [6.45, 7) is -0.0219. The maximum absolute atomic E-state index is 11.6. The molecule has 1 rings (SSSR count). The van der Waals surface area contributed by atoms with Crippen LogP contribution in [0.5, 0.6) is 0 Å². The largest absolute Gasteiger partial charge is 0.396 e. The minimum Gasteiger partial charge on any atom is -0.396 e. The average molecular weight is 206 g/mol. The maximum atomic E-state index is 11.6. The van der Waals surface area contributed by atoms with Crippen LogP contribution in [0.2, 0.25) is 0 Å². The fraction of sp³-hybridized carbons (Fsp3) is 1.00. The van der Waals surface area contributed by atoms with Gasteiger partial charge in [-0.25, -0.2) is 8.42 Å². The van der Waals surface area contributed by atoms with E-state index in [0.29, 0.717) is 6.42 Å². The van der Waals surface area contributed by atoms with E-state index in [4.69, 9.17) is 5.11 Å². The Morgan fingerprint density at radius 2 is 1.77 bits per heavy atom. The van der Waals surface area contributed by atoms with Gasteiger partial charge in [0, 0.05) is 6.61 Å². The van der Waals surface area contributed by atoms with Gasteiger partial charge < -0.3 is 5.11 Å². The Labute approximate surface area is 80.1 Å². The molecular weight excluding hydrogens is 188 g/mol. The first-order chi connectivity index (χ1) is 6.17. The van der Waals surface area contributed by atoms with Crippen LogP contribution in [0.15, 0.2) is 0 Å². The minimum atomic E-state index is -2.91. The summed E-state index contributed by atoms with van der Waals surface area (Å²) in [5, 5.41) is 8.45. The lowest BCUT2D eigenvalue weighted by Gasteiger charge is -2.21. The van der Waals surface area contributed by atoms with Gasteiger partial charge in [-0.3, -0.25) is 0 Å². The molecule has 0 spiro atoms. The van der Waals surface area contributed by atoms with Crippen molar-refractivity contribution in [1.29, 1.82) is 0 Å². The summed E-state index contributed by atoms with van der Waals surface area (Å²) in [7, 11) is -2.91. The smallest absolute Gasteiger partial charge is 0.153 e. The molecule has 1 N–H and O–H groups in total. The van der Waals surface area contributed by atoms with Gasteiger partial charge in [0.05, 0.1) is 11.0 Å². The van der Waals surface area contributed by atoms with E-state index in [9.17, 15) is 8.42 Å². The highest BCUT2D eigenvalue weighted by Crippen LogP contribution is 2.24. The third kappa shape index (κ3) is 3.27. The van der Waals surface area contributed by atoms with E-state index in [-0.39, 0.29) is 17.6 Å². The zero-order chi connectivity index (χ0) is 9.73. The Kier molecular flexibility index (Phi) is 4.19. The zero-order valence-electron chi connectivity index (χ0n) is 7.91. The van der Waals surface area contributed by atoms with Crippen molar-refractivity contribution in [2.45, 2.75) is 43.8 Å². The third-order valence-electron chi connectivity index (χ3n) is 2.65. The van der Waals surface area contributed by atoms with Crippen LogP contribution in [0, 0.1) is 0 Å². The summed E-state index contributed by atoms with van der Waals surface area (Å²) in [5.41, 5.74) is 0. The van der Waals surface area contributed by atoms with Crippen LogP contribution in [0.25, 0.3) is 0 Å². The molecule has 0 amide bonds. The molecule has 0 aliphatic heterocycles. The van der Waals surface area contributed by atoms with Gasteiger partial charge in [-0.15, -0.1) is 0 Å². The molecular formula is C9H18O3S. The molecule has 78 valence electrons. The molecule has 3 nitrogen and oxygen atoms in total. The topological polar surface area (TPSA) is 54.4 Å². The molecule has 1 aliphatic rings. The highest BCUT2D eigenvalue weighted by Gasteiger charge is 2.26. The number of sulfone groups is 1. The first kappa shape index (κ1) is 11.0. The molecule has 0 aromatic heterocycles. The van der Waals surface area contributed by atoms with Crippen molar-refractivity contribution in [3.8, 4) is 0 Å². The molecule has 0 bridgehead atoms. The van der Waals surface area contributed by atoms with Crippen molar-refractivity contribution in [3.05, 3.63) is 0 Å². The van der Waals surface area contributed by atoms with Gasteiger partial charge >= 0.3 is 0 Å². The monoisotopic (exact) mass is 206 g/mol. The second-order valence-electron chi connectivity index (χ2n) is 3.70. The number of hydrogen-bond acceptors (Lipinski definition) is 3. The second kappa shape index (κ2) is 4.96. The van der Waals surface area contributed by atoms with Crippen molar-refractivity contribution >= 4 is 9.84 Å². The van der Waals surface area contributed by atoms with Gasteiger partial charge in [-0.1, -0.05) is 19.3 Å². The van der Waals surface area contributed by atoms with Crippen molar-refractivity contribution in [2.24, 2.45) is 0 Å². The summed E-state index contributed by atoms with van der Waals surface area (Å²) in [5.74, 6) is 0.161. The van der Waals surface area contributed by atoms with Crippen LogP contribution in [-0.2, 0) is 9.84 Å². The molecule has 0 atom stereocenters. The van der Waals surface area contributed by atoms with Crippen LogP contribution in [0.1, 0.15) is 38.5 Å². The highest BCUT2D eigenvalue weighted by atomic mass is 32.2. The summed E-state index contributed by atoms with van der Waals surface area (Å²) >= 11 is 0. The van der Waals surface area contributed by atoms with E-state index in [1.54, 1.807) is 0 Å². The average Bonchev–Trinajstić information content (AvgIpc) is 2.16. The molecule has 4 heteroatoms. The molecule has 0 aromatic carbocycles. The Bertz CT molecular complexity index is 227. The van der Waals surface area contributed by atoms with Crippen molar-refractivity contribution < 1.29 is 13.5 Å². The quantitative estimate of drug-likeness (QED) is 0.750. The zero-order valence-corrected chi connectivity index (χ0v) is 8.72. The van der Waals surface area contributed by atoms with Gasteiger partial charge in [0.25, 0.3) is 0 Å². The van der Waals surface area contributed by atoms with Crippen LogP contribution in [-0.4, -0.2) is 31.1 Å². The number of aliphatic hydroxyl groups is 1. The van der Waals surface area contributed by atoms with Crippen LogP contribution < -0.4 is 0 Å². The Morgan fingerprint density at radius 3 is 2.31 bits per heavy atom. The van der Waals surface area contributed by atoms with Gasteiger partial charge in [-0.05, 0) is 19.3 Å². The summed E-state index contributed by atoms with van der Waals surface area (Å²) < 4.78 is 23.3. The molecule has 1 fully saturated rings. The minimum absolute atomic E-state index is 0.0219. The normalized spacial score (nSPS) is 20.4. The van der Waals surface area contributed by atoms with E-state index in [2.05, 4.69) is 0 Å². The van der Waals surface area contributed by atoms with Crippen LogP contribution >= 0.6 is 0 Å². The number of hydrogen-bond donors (Lipinski definition) is 1. The van der Waals surface area contributed by atoms with Crippen LogP contribution in [0.4, 0.5) is 0 Å². The Hall–Kier alpha value is -0.0900. The predicted molar refractivity (Wildman–Crippen MR) is 52.4 cm³/mol. The van der Waals surface area contributed by atoms with E-state index in [0.717, 1.165) is 25.7 Å². The van der Waals surface area contributed by atoms with E-state index in [1.165, 1.54) is 6.42 Å². The molecule has 13 heavy (non-hydrogen) atoms. The summed E-state index contributed by atoms with van der Waals surface area (Å²) in [6.07, 6.45) is 5.30. The lowest BCUT2D eigenvalue weighted by atomic mass is 10.0. The van der Waals surface area contributed by atoms with Crippen molar-refractivity contribution in [3.63, 3.8) is 0 Å². The number of aliphatic hydroxyl groups excluding tert-OH is 1. The van der Waals surface area contributed by atoms with E-state index < -0.39 is 9.84 Å². The maximum Gasteiger partial charge on any atom is 0.153 e. The highest BCUT2D eigenvalue weighted by molar-refractivity contribution is 7.92. The molecule has 0 saturated heterocycles. The number of rotatable bonds is 4. The third-order valence-corrected chi connectivity index (χ3v) is 4.99. The van der Waals surface area contributed by atoms with Gasteiger partial charge in [0.1, 0.15) is 0 Å². The van der Waals surface area contributed by atoms with Crippen LogP contribution in [0.3, 0.4) is 0 Å². The van der Waals surface area contributed by atoms with E-state index >= 15 is 0 Å². The molecule has 0 heterocycles. The fourth-order valence-electron chi connectivity index (χ4n) is 1.86. The molecule has 1 aliphatic carbocycles. The lowest BCUT2D eigenvalue weighted by Crippen LogP contribution is -2.26. The molecule has 1 saturated carbocycles. The van der Waals surface area contributed by atoms with Gasteiger partial charge in [-0.2, -0.15) is 0 Å². The summed E-state index contributed by atoms with van der Waals surface area (Å²) in [6, 6.07) is 0. The molecule has 0 radical (unpaired) electrons. The van der Waals surface area contributed by atoms with Crippen molar-refractivity contribution in [1.82, 2.24) is 0 Å². The van der Waals surface area contributed by atoms with Gasteiger partial charge in [0.2, 0.25) is 0 Å². The SMILES string of the molecule is O=S(=O)(CCCO)C1CCCCC1. The fourth-order valence-corrected chi connectivity index (χ4v) is 3.77. The molecule has 0 aromatic rings. The van der Waals surface area contributed by atoms with E-state index in [1.807, 2.05) is 0 Å². The standard InChI is InChI=1S/C9H18O3S/c10-7-4-8-13(11,12)9-5-2-1-3-6-9/h9-10H,1-8H2. The second-order valence-corrected chi connectivity index (χ2v) is 6.10. The van der Waals surface area contributed by atoms with Gasteiger partial charge in [0.15, 0.2) is 9.84 Å². The first-order valence-electron chi connectivity index (χ1n) is 4.99. The Morgan fingerprint density at radius 1 is 1.15 bits per heavy atom. The predicted octanol–water partition coefficient (Wildman–Crippen LogP) is 1.12. The lowest BCUT2D eigenvalue weighted by molar-refractivity contribution is 0.295. The van der Waals surface area contributed by atoms with Crippen molar-refractivity contribution in [2.75, 3.05) is 12.4 Å². The Balaban J connectivity index is 2.47. The summed E-state index contributed by atoms with van der Waals surface area (Å²) in [4.78, 5) is 0. The first-order valence-corrected chi connectivity index (χ1v) is 6.71. The molecule has 0 unspecified atom stereocenters.